The molecule has 0 fully saturated rings. The molecule has 0 radical (unpaired) electrons. The quantitative estimate of drug-likeness (QED) is 0.511. The van der Waals surface area contributed by atoms with Crippen LogP contribution in [0.1, 0.15) is 0 Å². The van der Waals surface area contributed by atoms with Gasteiger partial charge in [-0.25, -0.2) is 0 Å². The minimum Gasteiger partial charge on any atom is -0.354 e. The molecule has 0 aliphatic carbocycles. The number of para-hydroxylation sites is 1. The average Bonchev–Trinajstić information content (AvgIpc) is 3.01. The molecule has 23 heavy (non-hydrogen) atoms. The summed E-state index contributed by atoms with van der Waals surface area (Å²) < 4.78 is 5.32. The number of halogens is 1. The first kappa shape index (κ1) is 13.9. The normalized spacial score (nSPS) is 10.8. The maximum absolute atomic E-state index is 6.59. The van der Waals surface area contributed by atoms with Gasteiger partial charge in [0.15, 0.2) is 11.4 Å². The number of aromatic nitrogens is 1. The number of hydrogen-bond donors (Lipinski definition) is 1. The highest BCUT2D eigenvalue weighted by Crippen LogP contribution is 2.36. The fraction of sp³-hybridized carbons (Fsp3) is 0. The van der Waals surface area contributed by atoms with Crippen LogP contribution in [0.5, 0.6) is 0 Å². The van der Waals surface area contributed by atoms with Gasteiger partial charge in [-0.05, 0) is 23.8 Å². The Kier molecular flexibility index (Phi) is 3.48. The largest absolute Gasteiger partial charge is 0.354 e. The fourth-order valence-electron chi connectivity index (χ4n) is 2.57. The molecule has 1 aromatic heterocycles. The molecule has 0 amide bonds. The Labute approximate surface area is 138 Å². The van der Waals surface area contributed by atoms with Crippen LogP contribution in [0, 0.1) is 0 Å². The van der Waals surface area contributed by atoms with Gasteiger partial charge < -0.3 is 9.84 Å². The SMILES string of the molecule is Clc1c(Nc2noc3ccccc23)cccc1-c1ccccc1. The first-order valence-electron chi connectivity index (χ1n) is 7.28. The lowest BCUT2D eigenvalue weighted by Crippen LogP contribution is -1.93. The van der Waals surface area contributed by atoms with Crippen LogP contribution in [0.25, 0.3) is 22.1 Å². The van der Waals surface area contributed by atoms with Crippen LogP contribution in [0.2, 0.25) is 5.02 Å². The third kappa shape index (κ3) is 2.56. The highest BCUT2D eigenvalue weighted by Gasteiger charge is 2.12. The van der Waals surface area contributed by atoms with Crippen LogP contribution in [-0.4, -0.2) is 5.16 Å². The zero-order valence-electron chi connectivity index (χ0n) is 12.2. The predicted octanol–water partition coefficient (Wildman–Crippen LogP) is 5.89. The van der Waals surface area contributed by atoms with E-state index in [2.05, 4.69) is 10.5 Å². The molecule has 112 valence electrons. The van der Waals surface area contributed by atoms with Crippen molar-refractivity contribution in [3.63, 3.8) is 0 Å². The van der Waals surface area contributed by atoms with Crippen LogP contribution in [-0.2, 0) is 0 Å². The lowest BCUT2D eigenvalue weighted by molar-refractivity contribution is 0.460. The van der Waals surface area contributed by atoms with Gasteiger partial charge in [-0.15, -0.1) is 0 Å². The molecule has 1 N–H and O–H groups in total. The Hall–Kier alpha value is -2.78. The second-order valence-corrected chi connectivity index (χ2v) is 5.56. The lowest BCUT2D eigenvalue weighted by atomic mass is 10.1. The minimum atomic E-state index is 0.658. The van der Waals surface area contributed by atoms with Crippen LogP contribution < -0.4 is 5.32 Å². The third-order valence-electron chi connectivity index (χ3n) is 3.71. The molecule has 3 aromatic carbocycles. The van der Waals surface area contributed by atoms with E-state index in [4.69, 9.17) is 16.1 Å². The summed E-state index contributed by atoms with van der Waals surface area (Å²) in [4.78, 5) is 0. The van der Waals surface area contributed by atoms with E-state index in [1.807, 2.05) is 72.8 Å². The van der Waals surface area contributed by atoms with E-state index in [-0.39, 0.29) is 0 Å². The van der Waals surface area contributed by atoms with Crippen molar-refractivity contribution in [2.45, 2.75) is 0 Å². The average molecular weight is 321 g/mol. The van der Waals surface area contributed by atoms with E-state index in [1.165, 1.54) is 0 Å². The molecular formula is C19H13ClN2O. The second kappa shape index (κ2) is 5.78. The highest BCUT2D eigenvalue weighted by atomic mass is 35.5. The van der Waals surface area contributed by atoms with Crippen molar-refractivity contribution in [3.8, 4) is 11.1 Å². The smallest absolute Gasteiger partial charge is 0.181 e. The van der Waals surface area contributed by atoms with Gasteiger partial charge in [0.05, 0.1) is 16.1 Å². The van der Waals surface area contributed by atoms with Crippen molar-refractivity contribution < 1.29 is 4.52 Å². The predicted molar refractivity (Wildman–Crippen MR) is 94.2 cm³/mol. The van der Waals surface area contributed by atoms with E-state index in [0.717, 1.165) is 27.8 Å². The number of benzene rings is 3. The summed E-state index contributed by atoms with van der Waals surface area (Å²) in [6.07, 6.45) is 0. The maximum Gasteiger partial charge on any atom is 0.181 e. The van der Waals surface area contributed by atoms with Crippen LogP contribution in [0.3, 0.4) is 0 Å². The van der Waals surface area contributed by atoms with Gasteiger partial charge >= 0.3 is 0 Å². The summed E-state index contributed by atoms with van der Waals surface area (Å²) in [5, 5.41) is 8.94. The van der Waals surface area contributed by atoms with Crippen molar-refractivity contribution in [1.82, 2.24) is 5.16 Å². The molecule has 0 unspecified atom stereocenters. The number of rotatable bonds is 3. The molecule has 4 rings (SSSR count). The van der Waals surface area contributed by atoms with Crippen LogP contribution in [0.4, 0.5) is 11.5 Å². The van der Waals surface area contributed by atoms with Crippen LogP contribution >= 0.6 is 11.6 Å². The summed E-state index contributed by atoms with van der Waals surface area (Å²) in [5.41, 5.74) is 3.59. The number of nitrogens with zero attached hydrogens (tertiary/aromatic N) is 1. The third-order valence-corrected chi connectivity index (χ3v) is 4.12. The van der Waals surface area contributed by atoms with Crippen LogP contribution in [0.15, 0.2) is 77.3 Å². The fourth-order valence-corrected chi connectivity index (χ4v) is 2.86. The monoisotopic (exact) mass is 320 g/mol. The lowest BCUT2D eigenvalue weighted by Gasteiger charge is -2.10. The molecule has 3 nitrogen and oxygen atoms in total. The van der Waals surface area contributed by atoms with E-state index < -0.39 is 0 Å². The zero-order valence-corrected chi connectivity index (χ0v) is 12.9. The van der Waals surface area contributed by atoms with Crippen molar-refractivity contribution in [2.24, 2.45) is 0 Å². The molecule has 0 aliphatic heterocycles. The van der Waals surface area contributed by atoms with Gasteiger partial charge in [-0.3, -0.25) is 0 Å². The molecule has 0 saturated carbocycles. The Morgan fingerprint density at radius 1 is 0.826 bits per heavy atom. The molecule has 0 spiro atoms. The topological polar surface area (TPSA) is 38.1 Å². The van der Waals surface area contributed by atoms with Gasteiger partial charge in [0.25, 0.3) is 0 Å². The van der Waals surface area contributed by atoms with Crippen molar-refractivity contribution in [3.05, 3.63) is 77.8 Å². The van der Waals surface area contributed by atoms with Gasteiger partial charge in [0.1, 0.15) is 0 Å². The van der Waals surface area contributed by atoms with Gasteiger partial charge in [-0.2, -0.15) is 0 Å². The Morgan fingerprint density at radius 3 is 2.48 bits per heavy atom. The molecule has 1 heterocycles. The molecule has 0 bridgehead atoms. The molecule has 0 aliphatic rings. The summed E-state index contributed by atoms with van der Waals surface area (Å²) >= 11 is 6.59. The maximum atomic E-state index is 6.59. The Balaban J connectivity index is 1.76. The number of hydrogen-bond acceptors (Lipinski definition) is 3. The number of fused-ring (bicyclic) bond motifs is 1. The molecule has 4 heteroatoms. The van der Waals surface area contributed by atoms with Gasteiger partial charge in [-0.1, -0.05) is 71.4 Å². The molecule has 4 aromatic rings. The Morgan fingerprint density at radius 2 is 1.61 bits per heavy atom. The van der Waals surface area contributed by atoms with E-state index >= 15 is 0 Å². The van der Waals surface area contributed by atoms with Crippen molar-refractivity contribution in [2.75, 3.05) is 5.32 Å². The van der Waals surface area contributed by atoms with E-state index in [9.17, 15) is 0 Å². The number of anilines is 2. The minimum absolute atomic E-state index is 0.658. The Bertz CT molecular complexity index is 963. The summed E-state index contributed by atoms with van der Waals surface area (Å²) in [6, 6.07) is 23.7. The first-order chi connectivity index (χ1) is 11.3. The van der Waals surface area contributed by atoms with E-state index in [1.54, 1.807) is 0 Å². The first-order valence-corrected chi connectivity index (χ1v) is 7.66. The standard InChI is InChI=1S/C19H13ClN2O/c20-18-14(13-7-2-1-3-8-13)10-6-11-16(18)21-19-15-9-4-5-12-17(15)23-22-19/h1-12H,(H,21,22). The van der Waals surface area contributed by atoms with E-state index in [0.29, 0.717) is 10.8 Å². The second-order valence-electron chi connectivity index (χ2n) is 5.19. The van der Waals surface area contributed by atoms with Crippen molar-refractivity contribution >= 4 is 34.1 Å². The summed E-state index contributed by atoms with van der Waals surface area (Å²) in [6.45, 7) is 0. The van der Waals surface area contributed by atoms with Gasteiger partial charge in [0, 0.05) is 5.56 Å². The highest BCUT2D eigenvalue weighted by molar-refractivity contribution is 6.36. The number of nitrogens with one attached hydrogen (secondary N) is 1. The molecule has 0 atom stereocenters. The van der Waals surface area contributed by atoms with Gasteiger partial charge in [0.2, 0.25) is 0 Å². The summed E-state index contributed by atoms with van der Waals surface area (Å²) in [5.74, 6) is 0.660. The molecule has 0 saturated heterocycles. The molecular weight excluding hydrogens is 308 g/mol. The summed E-state index contributed by atoms with van der Waals surface area (Å²) in [7, 11) is 0. The van der Waals surface area contributed by atoms with Crippen molar-refractivity contribution in [1.29, 1.82) is 0 Å². The zero-order chi connectivity index (χ0) is 15.6.